The summed E-state index contributed by atoms with van der Waals surface area (Å²) in [5, 5.41) is 6.63. The lowest BCUT2D eigenvalue weighted by atomic mass is 10.2. The topological polar surface area (TPSA) is 92.9 Å². The van der Waals surface area contributed by atoms with E-state index in [-0.39, 0.29) is 6.54 Å². The van der Waals surface area contributed by atoms with Crippen LogP contribution < -0.4 is 15.5 Å². The van der Waals surface area contributed by atoms with E-state index < -0.39 is 11.8 Å². The molecule has 2 N–H and O–H groups in total. The lowest BCUT2D eigenvalue weighted by Gasteiger charge is -2.07. The summed E-state index contributed by atoms with van der Waals surface area (Å²) >= 11 is 5.94. The summed E-state index contributed by atoms with van der Waals surface area (Å²) in [6, 6.07) is 8.32. The van der Waals surface area contributed by atoms with Crippen molar-refractivity contribution in [2.45, 2.75) is 6.54 Å². The van der Waals surface area contributed by atoms with Gasteiger partial charge in [-0.1, -0.05) is 24.3 Å². The second-order valence-electron chi connectivity index (χ2n) is 4.74. The number of carbonyl (C=O) groups is 2. The van der Waals surface area contributed by atoms with Crippen molar-refractivity contribution < 1.29 is 18.7 Å². The van der Waals surface area contributed by atoms with Gasteiger partial charge in [-0.2, -0.15) is 5.10 Å². The normalized spacial score (nSPS) is 10.4. The molecule has 8 heteroatoms. The average Bonchev–Trinajstić information content (AvgIpc) is 3.12. The summed E-state index contributed by atoms with van der Waals surface area (Å²) in [4.78, 5) is 23.3. The van der Waals surface area contributed by atoms with E-state index in [2.05, 4.69) is 22.4 Å². The zero-order chi connectivity index (χ0) is 18.1. The van der Waals surface area contributed by atoms with Crippen molar-refractivity contribution in [2.24, 2.45) is 5.10 Å². The van der Waals surface area contributed by atoms with Gasteiger partial charge in [-0.15, -0.1) is 0 Å². The van der Waals surface area contributed by atoms with Gasteiger partial charge in [0, 0.05) is 10.6 Å². The summed E-state index contributed by atoms with van der Waals surface area (Å²) in [6.45, 7) is 3.99. The molecule has 0 aliphatic heterocycles. The predicted molar refractivity (Wildman–Crippen MR) is 93.4 cm³/mol. The van der Waals surface area contributed by atoms with E-state index in [1.54, 1.807) is 36.4 Å². The number of benzene rings is 1. The Labute approximate surface area is 149 Å². The van der Waals surface area contributed by atoms with Crippen molar-refractivity contribution in [3.05, 3.63) is 65.6 Å². The number of hydrogen-bond acceptors (Lipinski definition) is 5. The SMILES string of the molecule is C=CCOc1ccc(Cl)cc1/C=N\NC(=O)C(=O)NCc1ccco1. The van der Waals surface area contributed by atoms with Crippen molar-refractivity contribution in [1.29, 1.82) is 0 Å². The molecule has 25 heavy (non-hydrogen) atoms. The Hall–Kier alpha value is -3.06. The lowest BCUT2D eigenvalue weighted by Crippen LogP contribution is -2.37. The molecule has 130 valence electrons. The van der Waals surface area contributed by atoms with Crippen LogP contribution in [0, 0.1) is 0 Å². The van der Waals surface area contributed by atoms with Gasteiger partial charge in [0.25, 0.3) is 0 Å². The molecule has 7 nitrogen and oxygen atoms in total. The zero-order valence-corrected chi connectivity index (χ0v) is 14.0. The second-order valence-corrected chi connectivity index (χ2v) is 5.18. The van der Waals surface area contributed by atoms with Crippen LogP contribution >= 0.6 is 11.6 Å². The van der Waals surface area contributed by atoms with E-state index in [1.807, 2.05) is 0 Å². The van der Waals surface area contributed by atoms with Crippen LogP contribution in [0.1, 0.15) is 11.3 Å². The highest BCUT2D eigenvalue weighted by atomic mass is 35.5. The fraction of sp³-hybridized carbons (Fsp3) is 0.118. The molecule has 0 saturated heterocycles. The van der Waals surface area contributed by atoms with E-state index in [1.165, 1.54) is 12.5 Å². The van der Waals surface area contributed by atoms with Crippen molar-refractivity contribution in [3.63, 3.8) is 0 Å². The van der Waals surface area contributed by atoms with Crippen LogP contribution in [0.3, 0.4) is 0 Å². The second kappa shape index (κ2) is 9.29. The summed E-state index contributed by atoms with van der Waals surface area (Å²) in [6.07, 6.45) is 4.41. The molecule has 2 amide bonds. The number of carbonyl (C=O) groups excluding carboxylic acids is 2. The molecule has 0 unspecified atom stereocenters. The average molecular weight is 362 g/mol. The van der Waals surface area contributed by atoms with Crippen LogP contribution in [0.5, 0.6) is 5.75 Å². The first-order valence-corrected chi connectivity index (χ1v) is 7.65. The molecule has 2 aromatic rings. The third-order valence-electron chi connectivity index (χ3n) is 2.91. The van der Waals surface area contributed by atoms with E-state index in [4.69, 9.17) is 20.8 Å². The minimum atomic E-state index is -0.904. The molecule has 0 atom stereocenters. The number of rotatable bonds is 7. The Kier molecular flexibility index (Phi) is 6.79. The lowest BCUT2D eigenvalue weighted by molar-refractivity contribution is -0.139. The van der Waals surface area contributed by atoms with E-state index in [0.29, 0.717) is 28.7 Å². The molecule has 2 rings (SSSR count). The summed E-state index contributed by atoms with van der Waals surface area (Å²) < 4.78 is 10.5. The first kappa shape index (κ1) is 18.3. The van der Waals surface area contributed by atoms with Crippen molar-refractivity contribution in [1.82, 2.24) is 10.7 Å². The molecule has 1 aromatic heterocycles. The molecule has 0 spiro atoms. The first-order chi connectivity index (χ1) is 12.1. The Morgan fingerprint density at radius 1 is 1.32 bits per heavy atom. The van der Waals surface area contributed by atoms with Crippen LogP contribution in [0.2, 0.25) is 5.02 Å². The zero-order valence-electron chi connectivity index (χ0n) is 13.2. The quantitative estimate of drug-likeness (QED) is 0.342. The molecule has 0 aliphatic rings. The van der Waals surface area contributed by atoms with Crippen LogP contribution in [0.15, 0.2) is 58.8 Å². The van der Waals surface area contributed by atoms with Gasteiger partial charge in [-0.25, -0.2) is 5.43 Å². The number of ether oxygens (including phenoxy) is 1. The molecule has 1 aromatic carbocycles. The van der Waals surface area contributed by atoms with Gasteiger partial charge in [-0.05, 0) is 30.3 Å². The van der Waals surface area contributed by atoms with Gasteiger partial charge in [0.15, 0.2) is 0 Å². The van der Waals surface area contributed by atoms with Gasteiger partial charge in [0.05, 0.1) is 19.0 Å². The maximum absolute atomic E-state index is 11.7. The first-order valence-electron chi connectivity index (χ1n) is 7.27. The molecule has 0 bridgehead atoms. The molecule has 1 heterocycles. The number of halogens is 1. The summed E-state index contributed by atoms with van der Waals surface area (Å²) in [5.41, 5.74) is 2.68. The van der Waals surface area contributed by atoms with Gasteiger partial charge in [-0.3, -0.25) is 9.59 Å². The third kappa shape index (κ3) is 5.82. The van der Waals surface area contributed by atoms with Gasteiger partial charge in [0.1, 0.15) is 18.1 Å². The molecule has 0 radical (unpaired) electrons. The number of hydrogen-bond donors (Lipinski definition) is 2. The fourth-order valence-electron chi connectivity index (χ4n) is 1.77. The maximum Gasteiger partial charge on any atom is 0.329 e. The Morgan fingerprint density at radius 2 is 2.16 bits per heavy atom. The van der Waals surface area contributed by atoms with E-state index in [9.17, 15) is 9.59 Å². The highest BCUT2D eigenvalue weighted by molar-refractivity contribution is 6.35. The molecule has 0 fully saturated rings. The number of nitrogens with one attached hydrogen (secondary N) is 2. The van der Waals surface area contributed by atoms with Crippen LogP contribution in [0.25, 0.3) is 0 Å². The van der Waals surface area contributed by atoms with Crippen molar-refractivity contribution in [2.75, 3.05) is 6.61 Å². The van der Waals surface area contributed by atoms with Crippen LogP contribution in [0.4, 0.5) is 0 Å². The minimum absolute atomic E-state index is 0.108. The van der Waals surface area contributed by atoms with Crippen molar-refractivity contribution in [3.8, 4) is 5.75 Å². The predicted octanol–water partition coefficient (Wildman–Crippen LogP) is 2.26. The summed E-state index contributed by atoms with van der Waals surface area (Å²) in [7, 11) is 0. The number of furan rings is 1. The van der Waals surface area contributed by atoms with E-state index in [0.717, 1.165) is 0 Å². The highest BCUT2D eigenvalue weighted by Crippen LogP contribution is 2.21. The highest BCUT2D eigenvalue weighted by Gasteiger charge is 2.12. The van der Waals surface area contributed by atoms with Crippen molar-refractivity contribution >= 4 is 29.6 Å². The fourth-order valence-corrected chi connectivity index (χ4v) is 1.95. The number of nitrogens with zero attached hydrogens (tertiary/aromatic N) is 1. The molecular formula is C17H16ClN3O4. The maximum atomic E-state index is 11.7. The Morgan fingerprint density at radius 3 is 2.88 bits per heavy atom. The monoisotopic (exact) mass is 361 g/mol. The number of hydrazone groups is 1. The van der Waals surface area contributed by atoms with Gasteiger partial charge < -0.3 is 14.5 Å². The molecule has 0 saturated carbocycles. The standard InChI is InChI=1S/C17H16ClN3O4/c1-2-7-25-15-6-5-13(18)9-12(15)10-20-21-17(23)16(22)19-11-14-4-3-8-24-14/h2-6,8-10H,1,7,11H2,(H,19,22)(H,21,23)/b20-10-. The molecular weight excluding hydrogens is 346 g/mol. The van der Waals surface area contributed by atoms with Gasteiger partial charge in [0.2, 0.25) is 0 Å². The Bertz CT molecular complexity index is 772. The largest absolute Gasteiger partial charge is 0.489 e. The van der Waals surface area contributed by atoms with Crippen LogP contribution in [-0.2, 0) is 16.1 Å². The smallest absolute Gasteiger partial charge is 0.329 e. The van der Waals surface area contributed by atoms with Gasteiger partial charge >= 0.3 is 11.8 Å². The van der Waals surface area contributed by atoms with Crippen LogP contribution in [-0.4, -0.2) is 24.6 Å². The number of amides is 2. The van der Waals surface area contributed by atoms with E-state index >= 15 is 0 Å². The third-order valence-corrected chi connectivity index (χ3v) is 3.14. The summed E-state index contributed by atoms with van der Waals surface area (Å²) in [5.74, 6) is -0.682. The Balaban J connectivity index is 1.90. The molecule has 0 aliphatic carbocycles. The minimum Gasteiger partial charge on any atom is -0.489 e.